The van der Waals surface area contributed by atoms with E-state index in [1.54, 1.807) is 18.2 Å². The molecule has 0 atom stereocenters. The molecule has 0 aliphatic heterocycles. The summed E-state index contributed by atoms with van der Waals surface area (Å²) in [4.78, 5) is 15.1. The second-order valence-corrected chi connectivity index (χ2v) is 3.67. The van der Waals surface area contributed by atoms with Crippen molar-refractivity contribution < 1.29 is 14.6 Å². The van der Waals surface area contributed by atoms with Crippen LogP contribution in [-0.4, -0.2) is 21.4 Å². The molecule has 0 amide bonds. The number of hydrogen-bond acceptors (Lipinski definition) is 4. The lowest BCUT2D eigenvalue weighted by atomic mass is 10.2. The van der Waals surface area contributed by atoms with Crippen LogP contribution < -0.4 is 4.74 Å². The largest absolute Gasteiger partial charge is 0.506 e. The molecule has 1 heterocycles. The number of rotatable bonds is 2. The highest BCUT2D eigenvalue weighted by atomic mass is 79.9. The zero-order valence-electron chi connectivity index (χ0n) is 8.18. The number of pyridine rings is 1. The molecular formula is C11H8BrNO3. The van der Waals surface area contributed by atoms with Crippen LogP contribution in [0.15, 0.2) is 30.3 Å². The van der Waals surface area contributed by atoms with Crippen molar-refractivity contribution in [3.63, 3.8) is 0 Å². The number of hydrogen-bond donors (Lipinski definition) is 1. The number of fused-ring (bicyclic) bond motifs is 1. The topological polar surface area (TPSA) is 59.4 Å². The van der Waals surface area contributed by atoms with Crippen LogP contribution in [0.5, 0.6) is 11.6 Å². The summed E-state index contributed by atoms with van der Waals surface area (Å²) in [5.41, 5.74) is 0.419. The van der Waals surface area contributed by atoms with Crippen molar-refractivity contribution in [2.75, 3.05) is 5.33 Å². The first-order valence-electron chi connectivity index (χ1n) is 4.56. The van der Waals surface area contributed by atoms with Crippen LogP contribution in [0.3, 0.4) is 0 Å². The lowest BCUT2D eigenvalue weighted by Crippen LogP contribution is -2.09. The molecule has 4 nitrogen and oxygen atoms in total. The van der Waals surface area contributed by atoms with Gasteiger partial charge in [0, 0.05) is 11.5 Å². The molecule has 0 saturated heterocycles. The molecule has 0 spiro atoms. The van der Waals surface area contributed by atoms with Gasteiger partial charge in [-0.3, -0.25) is 4.79 Å². The summed E-state index contributed by atoms with van der Waals surface area (Å²) in [5, 5.41) is 10.5. The second kappa shape index (κ2) is 4.49. The number of alkyl halides is 1. The monoisotopic (exact) mass is 281 g/mol. The van der Waals surface area contributed by atoms with Gasteiger partial charge < -0.3 is 9.84 Å². The van der Waals surface area contributed by atoms with E-state index in [2.05, 4.69) is 20.9 Å². The minimum atomic E-state index is -0.428. The Morgan fingerprint density at radius 1 is 1.38 bits per heavy atom. The Hall–Kier alpha value is -1.62. The Morgan fingerprint density at radius 3 is 2.94 bits per heavy atom. The number of esters is 1. The van der Waals surface area contributed by atoms with Gasteiger partial charge in [0.05, 0.1) is 0 Å². The second-order valence-electron chi connectivity index (χ2n) is 3.11. The number of phenolic OH excluding ortho intramolecular Hbond substituents is 1. The van der Waals surface area contributed by atoms with Crippen LogP contribution in [0.1, 0.15) is 0 Å². The number of halogens is 1. The zero-order valence-corrected chi connectivity index (χ0v) is 9.77. The van der Waals surface area contributed by atoms with Crippen molar-refractivity contribution in [2.24, 2.45) is 0 Å². The van der Waals surface area contributed by atoms with Crippen molar-refractivity contribution in [1.82, 2.24) is 4.98 Å². The highest BCUT2D eigenvalue weighted by Crippen LogP contribution is 2.24. The van der Waals surface area contributed by atoms with Gasteiger partial charge >= 0.3 is 5.97 Å². The SMILES string of the molecule is O=C(CBr)Oc1ccc2cccc(O)c2n1. The summed E-state index contributed by atoms with van der Waals surface area (Å²) in [6.45, 7) is 0. The molecule has 0 radical (unpaired) electrons. The summed E-state index contributed by atoms with van der Waals surface area (Å²) in [7, 11) is 0. The lowest BCUT2D eigenvalue weighted by Gasteiger charge is -2.03. The number of aromatic nitrogens is 1. The Morgan fingerprint density at radius 2 is 2.19 bits per heavy atom. The summed E-state index contributed by atoms with van der Waals surface area (Å²) in [6, 6.07) is 8.40. The van der Waals surface area contributed by atoms with E-state index in [-0.39, 0.29) is 17.0 Å². The van der Waals surface area contributed by atoms with Crippen LogP contribution in [0.4, 0.5) is 0 Å². The molecule has 82 valence electrons. The normalized spacial score (nSPS) is 10.3. The third-order valence-electron chi connectivity index (χ3n) is 2.00. The van der Waals surface area contributed by atoms with Crippen molar-refractivity contribution in [2.45, 2.75) is 0 Å². The molecule has 2 rings (SSSR count). The fraction of sp³-hybridized carbons (Fsp3) is 0.0909. The Balaban J connectivity index is 2.43. The molecule has 2 aromatic rings. The highest BCUT2D eigenvalue weighted by molar-refractivity contribution is 9.09. The maximum absolute atomic E-state index is 11.0. The number of carbonyl (C=O) groups is 1. The van der Waals surface area contributed by atoms with E-state index in [0.29, 0.717) is 5.52 Å². The maximum Gasteiger partial charge on any atom is 0.323 e. The summed E-state index contributed by atoms with van der Waals surface area (Å²) in [5.74, 6) is -0.185. The van der Waals surface area contributed by atoms with E-state index in [1.807, 2.05) is 6.07 Å². The summed E-state index contributed by atoms with van der Waals surface area (Å²) >= 11 is 2.98. The third kappa shape index (κ3) is 2.14. The van der Waals surface area contributed by atoms with Crippen molar-refractivity contribution in [3.05, 3.63) is 30.3 Å². The van der Waals surface area contributed by atoms with Gasteiger partial charge in [-0.2, -0.15) is 0 Å². The molecule has 0 bridgehead atoms. The molecule has 1 aromatic heterocycles. The van der Waals surface area contributed by atoms with Gasteiger partial charge in [0.1, 0.15) is 16.6 Å². The standard InChI is InChI=1S/C11H8BrNO3/c12-6-10(15)16-9-5-4-7-2-1-3-8(14)11(7)13-9/h1-5,14H,6H2. The number of benzene rings is 1. The van der Waals surface area contributed by atoms with E-state index in [4.69, 9.17) is 4.74 Å². The fourth-order valence-electron chi connectivity index (χ4n) is 1.31. The Labute approximate surface area is 100.0 Å². The van der Waals surface area contributed by atoms with Crippen LogP contribution in [0.25, 0.3) is 10.9 Å². The Bertz CT molecular complexity index is 542. The number of ether oxygens (including phenoxy) is 1. The predicted octanol–water partition coefficient (Wildman–Crippen LogP) is 2.24. The minimum absolute atomic E-state index is 0.0641. The number of aromatic hydroxyl groups is 1. The van der Waals surface area contributed by atoms with Gasteiger partial charge in [-0.25, -0.2) is 4.98 Å². The van der Waals surface area contributed by atoms with Gasteiger partial charge in [0.25, 0.3) is 0 Å². The fourth-order valence-corrected chi connectivity index (χ4v) is 1.43. The average Bonchev–Trinajstić information content (AvgIpc) is 2.30. The molecule has 0 saturated carbocycles. The van der Waals surface area contributed by atoms with Crippen molar-refractivity contribution >= 4 is 32.8 Å². The predicted molar refractivity (Wildman–Crippen MR) is 62.8 cm³/mol. The van der Waals surface area contributed by atoms with Gasteiger partial charge in [-0.05, 0) is 12.1 Å². The minimum Gasteiger partial charge on any atom is -0.506 e. The first-order chi connectivity index (χ1) is 7.70. The molecule has 16 heavy (non-hydrogen) atoms. The van der Waals surface area contributed by atoms with Crippen molar-refractivity contribution in [3.8, 4) is 11.6 Å². The molecule has 5 heteroatoms. The molecular weight excluding hydrogens is 274 g/mol. The van der Waals surface area contributed by atoms with Crippen molar-refractivity contribution in [1.29, 1.82) is 0 Å². The highest BCUT2D eigenvalue weighted by Gasteiger charge is 2.06. The van der Waals surface area contributed by atoms with Crippen LogP contribution in [0, 0.1) is 0 Å². The number of para-hydroxylation sites is 1. The lowest BCUT2D eigenvalue weighted by molar-refractivity contribution is -0.131. The van der Waals surface area contributed by atoms with E-state index in [0.717, 1.165) is 5.39 Å². The zero-order chi connectivity index (χ0) is 11.5. The van der Waals surface area contributed by atoms with Gasteiger partial charge in [0.2, 0.25) is 5.88 Å². The van der Waals surface area contributed by atoms with Crippen LogP contribution in [-0.2, 0) is 4.79 Å². The number of phenols is 1. The van der Waals surface area contributed by atoms with E-state index in [1.165, 1.54) is 6.07 Å². The first kappa shape index (κ1) is 10.9. The first-order valence-corrected chi connectivity index (χ1v) is 5.68. The van der Waals surface area contributed by atoms with Gasteiger partial charge in [0.15, 0.2) is 0 Å². The molecule has 0 unspecified atom stereocenters. The smallest absolute Gasteiger partial charge is 0.323 e. The third-order valence-corrected chi connectivity index (χ3v) is 2.46. The molecule has 0 fully saturated rings. The number of carbonyl (C=O) groups excluding carboxylic acids is 1. The van der Waals surface area contributed by atoms with Gasteiger partial charge in [-0.1, -0.05) is 28.1 Å². The molecule has 1 aromatic carbocycles. The van der Waals surface area contributed by atoms with Crippen LogP contribution in [0.2, 0.25) is 0 Å². The van der Waals surface area contributed by atoms with Gasteiger partial charge in [-0.15, -0.1) is 0 Å². The van der Waals surface area contributed by atoms with Crippen LogP contribution >= 0.6 is 15.9 Å². The summed E-state index contributed by atoms with van der Waals surface area (Å²) < 4.78 is 4.92. The van der Waals surface area contributed by atoms with E-state index >= 15 is 0 Å². The molecule has 0 aliphatic rings. The number of nitrogens with zero attached hydrogens (tertiary/aromatic N) is 1. The molecule has 1 N–H and O–H groups in total. The summed E-state index contributed by atoms with van der Waals surface area (Å²) in [6.07, 6.45) is 0. The average molecular weight is 282 g/mol. The van der Waals surface area contributed by atoms with E-state index in [9.17, 15) is 9.90 Å². The van der Waals surface area contributed by atoms with E-state index < -0.39 is 5.97 Å². The Kier molecular flexibility index (Phi) is 3.05. The molecule has 0 aliphatic carbocycles. The quantitative estimate of drug-likeness (QED) is 0.678. The maximum atomic E-state index is 11.0.